The average molecular weight is 229 g/mol. The predicted molar refractivity (Wildman–Crippen MR) is 71.7 cm³/mol. The summed E-state index contributed by atoms with van der Waals surface area (Å²) in [5, 5.41) is 12.4. The first kappa shape index (κ1) is 15.9. The Morgan fingerprint density at radius 3 is 2.31 bits per heavy atom. The fourth-order valence-corrected chi connectivity index (χ4v) is 1.88. The molecule has 0 bridgehead atoms. The van der Waals surface area contributed by atoms with E-state index in [9.17, 15) is 0 Å². The molecule has 0 heterocycles. The molecular weight excluding hydrogens is 198 g/mol. The van der Waals surface area contributed by atoms with Gasteiger partial charge >= 0.3 is 0 Å². The minimum atomic E-state index is 0.348. The van der Waals surface area contributed by atoms with Gasteiger partial charge in [-0.1, -0.05) is 47.0 Å². The van der Waals surface area contributed by atoms with Crippen molar-refractivity contribution in [2.24, 2.45) is 11.3 Å². The smallest absolute Gasteiger partial charge is 0.0433 e. The summed E-state index contributed by atoms with van der Waals surface area (Å²) in [4.78, 5) is 0. The fraction of sp³-hybridized carbons (Fsp3) is 1.00. The highest BCUT2D eigenvalue weighted by atomic mass is 16.3. The Bertz CT molecular complexity index is 151. The molecule has 16 heavy (non-hydrogen) atoms. The van der Waals surface area contributed by atoms with Crippen LogP contribution < -0.4 is 5.32 Å². The number of hydrogen-bond acceptors (Lipinski definition) is 2. The van der Waals surface area contributed by atoms with Gasteiger partial charge in [0.25, 0.3) is 0 Å². The molecule has 0 radical (unpaired) electrons. The van der Waals surface area contributed by atoms with Gasteiger partial charge in [0.15, 0.2) is 0 Å². The molecule has 0 saturated heterocycles. The molecule has 1 atom stereocenters. The number of rotatable bonds is 9. The summed E-state index contributed by atoms with van der Waals surface area (Å²) < 4.78 is 0. The molecular formula is C14H31NO. The van der Waals surface area contributed by atoms with Crippen LogP contribution in [0, 0.1) is 11.3 Å². The van der Waals surface area contributed by atoms with Crippen molar-refractivity contribution in [2.45, 2.75) is 59.8 Å². The maximum Gasteiger partial charge on any atom is 0.0433 e. The zero-order valence-corrected chi connectivity index (χ0v) is 11.7. The molecule has 0 aliphatic carbocycles. The van der Waals surface area contributed by atoms with Crippen molar-refractivity contribution in [1.29, 1.82) is 0 Å². The third-order valence-electron chi connectivity index (χ3n) is 2.99. The quantitative estimate of drug-likeness (QED) is 0.595. The van der Waals surface area contributed by atoms with E-state index in [1.54, 1.807) is 0 Å². The third-order valence-corrected chi connectivity index (χ3v) is 2.99. The van der Waals surface area contributed by atoms with E-state index >= 15 is 0 Å². The van der Waals surface area contributed by atoms with Crippen LogP contribution in [0.1, 0.15) is 59.8 Å². The van der Waals surface area contributed by atoms with Gasteiger partial charge in [0.05, 0.1) is 0 Å². The first-order valence-corrected chi connectivity index (χ1v) is 6.81. The minimum absolute atomic E-state index is 0.348. The van der Waals surface area contributed by atoms with Crippen LogP contribution in [0.15, 0.2) is 0 Å². The van der Waals surface area contributed by atoms with E-state index in [0.717, 1.165) is 25.4 Å². The molecule has 0 fully saturated rings. The number of nitrogens with one attached hydrogen (secondary N) is 1. The summed E-state index contributed by atoms with van der Waals surface area (Å²) in [5.74, 6) is 0.729. The van der Waals surface area contributed by atoms with Gasteiger partial charge in [-0.05, 0) is 37.3 Å². The second-order valence-electron chi connectivity index (χ2n) is 6.02. The number of aliphatic hydroxyl groups excluding tert-OH is 1. The minimum Gasteiger partial charge on any atom is -0.396 e. The lowest BCUT2D eigenvalue weighted by molar-refractivity contribution is 0.246. The predicted octanol–water partition coefficient (Wildman–Crippen LogP) is 3.20. The van der Waals surface area contributed by atoms with Gasteiger partial charge in [-0.15, -0.1) is 0 Å². The third kappa shape index (κ3) is 10.4. The Kier molecular flexibility index (Phi) is 8.96. The average Bonchev–Trinajstić information content (AvgIpc) is 2.20. The second-order valence-corrected chi connectivity index (χ2v) is 6.02. The van der Waals surface area contributed by atoms with Gasteiger partial charge in [0.1, 0.15) is 0 Å². The summed E-state index contributed by atoms with van der Waals surface area (Å²) in [6, 6.07) is 0. The molecule has 0 spiro atoms. The van der Waals surface area contributed by atoms with Gasteiger partial charge in [-0.3, -0.25) is 0 Å². The van der Waals surface area contributed by atoms with Crippen LogP contribution in [0.4, 0.5) is 0 Å². The van der Waals surface area contributed by atoms with Crippen molar-refractivity contribution in [3.8, 4) is 0 Å². The molecule has 0 saturated carbocycles. The molecule has 0 aliphatic heterocycles. The molecule has 0 aromatic carbocycles. The van der Waals surface area contributed by atoms with Crippen LogP contribution in [0.2, 0.25) is 0 Å². The Hall–Kier alpha value is -0.0800. The van der Waals surface area contributed by atoms with Crippen LogP contribution in [-0.4, -0.2) is 24.8 Å². The molecule has 0 unspecified atom stereocenters. The van der Waals surface area contributed by atoms with Crippen molar-refractivity contribution < 1.29 is 5.11 Å². The van der Waals surface area contributed by atoms with Crippen molar-refractivity contribution in [3.05, 3.63) is 0 Å². The van der Waals surface area contributed by atoms with Crippen molar-refractivity contribution in [2.75, 3.05) is 19.7 Å². The molecule has 98 valence electrons. The van der Waals surface area contributed by atoms with E-state index in [2.05, 4.69) is 33.0 Å². The van der Waals surface area contributed by atoms with Crippen molar-refractivity contribution >= 4 is 0 Å². The molecule has 0 amide bonds. The maximum absolute atomic E-state index is 8.89. The van der Waals surface area contributed by atoms with E-state index in [1.807, 2.05) is 0 Å². The van der Waals surface area contributed by atoms with Crippen molar-refractivity contribution in [1.82, 2.24) is 5.32 Å². The summed E-state index contributed by atoms with van der Waals surface area (Å²) >= 11 is 0. The SMILES string of the molecule is CC[C@H](CCO)CCCCNCC(C)(C)C. The molecule has 0 aliphatic rings. The van der Waals surface area contributed by atoms with Crippen LogP contribution in [0.5, 0.6) is 0 Å². The first-order chi connectivity index (χ1) is 7.49. The topological polar surface area (TPSA) is 32.3 Å². The van der Waals surface area contributed by atoms with Gasteiger partial charge in [-0.25, -0.2) is 0 Å². The number of aliphatic hydroxyl groups is 1. The van der Waals surface area contributed by atoms with Gasteiger partial charge in [-0.2, -0.15) is 0 Å². The van der Waals surface area contributed by atoms with Crippen LogP contribution >= 0.6 is 0 Å². The Morgan fingerprint density at radius 2 is 1.81 bits per heavy atom. The highest BCUT2D eigenvalue weighted by Crippen LogP contribution is 2.16. The summed E-state index contributed by atoms with van der Waals surface area (Å²) in [6.07, 6.45) is 6.00. The zero-order valence-electron chi connectivity index (χ0n) is 11.7. The molecule has 2 heteroatoms. The van der Waals surface area contributed by atoms with E-state index in [-0.39, 0.29) is 0 Å². The Balaban J connectivity index is 3.32. The summed E-state index contributed by atoms with van der Waals surface area (Å²) in [7, 11) is 0. The van der Waals surface area contributed by atoms with Gasteiger partial charge in [0.2, 0.25) is 0 Å². The second kappa shape index (κ2) is 9.00. The lowest BCUT2D eigenvalue weighted by Gasteiger charge is -2.19. The number of hydrogen-bond donors (Lipinski definition) is 2. The van der Waals surface area contributed by atoms with E-state index < -0.39 is 0 Å². The lowest BCUT2D eigenvalue weighted by Crippen LogP contribution is -2.27. The molecule has 0 rings (SSSR count). The highest BCUT2D eigenvalue weighted by molar-refractivity contribution is 4.65. The number of unbranched alkanes of at least 4 members (excludes halogenated alkanes) is 1. The first-order valence-electron chi connectivity index (χ1n) is 6.81. The van der Waals surface area contributed by atoms with Crippen LogP contribution in [0.25, 0.3) is 0 Å². The highest BCUT2D eigenvalue weighted by Gasteiger charge is 2.08. The lowest BCUT2D eigenvalue weighted by atomic mass is 9.95. The molecule has 2 nitrogen and oxygen atoms in total. The van der Waals surface area contributed by atoms with Crippen LogP contribution in [0.3, 0.4) is 0 Å². The fourth-order valence-electron chi connectivity index (χ4n) is 1.88. The molecule has 0 aromatic rings. The standard InChI is InChI=1S/C14H31NO/c1-5-13(9-11-16)8-6-7-10-15-12-14(2,3)4/h13,15-16H,5-12H2,1-4H3/t13-/m0/s1. The Labute approximate surface area is 102 Å². The largest absolute Gasteiger partial charge is 0.396 e. The van der Waals surface area contributed by atoms with E-state index in [4.69, 9.17) is 5.11 Å². The summed E-state index contributed by atoms with van der Waals surface area (Å²) in [6.45, 7) is 11.6. The molecule has 0 aromatic heterocycles. The van der Waals surface area contributed by atoms with E-state index in [1.165, 1.54) is 25.7 Å². The Morgan fingerprint density at radius 1 is 1.12 bits per heavy atom. The van der Waals surface area contributed by atoms with Crippen molar-refractivity contribution in [3.63, 3.8) is 0 Å². The summed E-state index contributed by atoms with van der Waals surface area (Å²) in [5.41, 5.74) is 0.392. The van der Waals surface area contributed by atoms with Gasteiger partial charge < -0.3 is 10.4 Å². The zero-order chi connectivity index (χ0) is 12.4. The molecule has 2 N–H and O–H groups in total. The van der Waals surface area contributed by atoms with Crippen LogP contribution in [-0.2, 0) is 0 Å². The normalized spacial score (nSPS) is 14.1. The van der Waals surface area contributed by atoms with E-state index in [0.29, 0.717) is 12.0 Å². The monoisotopic (exact) mass is 229 g/mol. The maximum atomic E-state index is 8.89. The van der Waals surface area contributed by atoms with Gasteiger partial charge in [0, 0.05) is 6.61 Å².